The Hall–Kier alpha value is -2.02. The molecule has 0 spiro atoms. The first-order chi connectivity index (χ1) is 9.93. The van der Waals surface area contributed by atoms with Crippen LogP contribution in [-0.4, -0.2) is 16.9 Å². The summed E-state index contributed by atoms with van der Waals surface area (Å²) in [6, 6.07) is 5.24. The Balaban J connectivity index is 2.71. The molecule has 114 valence electrons. The third kappa shape index (κ3) is 2.73. The molecule has 7 heteroatoms. The highest BCUT2D eigenvalue weighted by atomic mass is 19.4. The molecule has 0 radical (unpaired) electrons. The van der Waals surface area contributed by atoms with Gasteiger partial charge in [0.1, 0.15) is 0 Å². The van der Waals surface area contributed by atoms with Crippen LogP contribution in [0.1, 0.15) is 23.7 Å². The van der Waals surface area contributed by atoms with Crippen molar-refractivity contribution in [3.05, 3.63) is 41.1 Å². The summed E-state index contributed by atoms with van der Waals surface area (Å²) >= 11 is 0. The molecule has 0 aliphatic rings. The van der Waals surface area contributed by atoms with Crippen molar-refractivity contribution in [1.29, 1.82) is 0 Å². The summed E-state index contributed by atoms with van der Waals surface area (Å²) in [5, 5.41) is 4.23. The number of benzene rings is 1. The van der Waals surface area contributed by atoms with Crippen LogP contribution in [0.3, 0.4) is 0 Å². The summed E-state index contributed by atoms with van der Waals surface area (Å²) < 4.78 is 45.8. The van der Waals surface area contributed by atoms with Crippen molar-refractivity contribution in [3.63, 3.8) is 0 Å². The fourth-order valence-corrected chi connectivity index (χ4v) is 2.24. The zero-order valence-electron chi connectivity index (χ0n) is 11.7. The summed E-state index contributed by atoms with van der Waals surface area (Å²) in [6.45, 7) is 2.02. The van der Waals surface area contributed by atoms with Crippen molar-refractivity contribution < 1.29 is 17.9 Å². The van der Waals surface area contributed by atoms with E-state index >= 15 is 0 Å². The fraction of sp³-hybridized carbons (Fsp3) is 0.357. The quantitative estimate of drug-likeness (QED) is 0.944. The molecule has 2 rings (SSSR count). The van der Waals surface area contributed by atoms with Crippen LogP contribution in [-0.2, 0) is 19.1 Å². The molecule has 1 heterocycles. The van der Waals surface area contributed by atoms with Gasteiger partial charge < -0.3 is 10.5 Å². The number of alkyl halides is 3. The Morgan fingerprint density at radius 2 is 1.95 bits per heavy atom. The molecule has 2 aromatic rings. The molecule has 1 aromatic carbocycles. The minimum absolute atomic E-state index is 0.0729. The monoisotopic (exact) mass is 299 g/mol. The van der Waals surface area contributed by atoms with E-state index in [4.69, 9.17) is 10.5 Å². The molecule has 21 heavy (non-hydrogen) atoms. The lowest BCUT2D eigenvalue weighted by Crippen LogP contribution is -2.12. The number of nitrogens with two attached hydrogens (primary N) is 1. The summed E-state index contributed by atoms with van der Waals surface area (Å²) in [6.07, 6.45) is -3.91. The molecule has 0 aliphatic carbocycles. The first-order valence-corrected chi connectivity index (χ1v) is 6.45. The van der Waals surface area contributed by atoms with E-state index in [-0.39, 0.29) is 18.1 Å². The lowest BCUT2D eigenvalue weighted by atomic mass is 10.1. The number of hydrogen-bond donors (Lipinski definition) is 1. The molecular weight excluding hydrogens is 283 g/mol. The van der Waals surface area contributed by atoms with Gasteiger partial charge in [0.15, 0.2) is 0 Å². The normalized spacial score (nSPS) is 11.7. The minimum atomic E-state index is -4.47. The van der Waals surface area contributed by atoms with E-state index in [1.165, 1.54) is 30.0 Å². The first kappa shape index (κ1) is 15.4. The number of methoxy groups -OCH3 is 1. The Morgan fingerprint density at radius 3 is 2.48 bits per heavy atom. The van der Waals surface area contributed by atoms with Crippen LogP contribution < -0.4 is 10.5 Å². The molecule has 0 unspecified atom stereocenters. The molecule has 0 aliphatic heterocycles. The molecule has 0 saturated carbocycles. The number of halogens is 3. The molecule has 2 N–H and O–H groups in total. The van der Waals surface area contributed by atoms with Gasteiger partial charge in [-0.3, -0.25) is 0 Å². The summed E-state index contributed by atoms with van der Waals surface area (Å²) in [4.78, 5) is 0. The Bertz CT molecular complexity index is 635. The molecule has 4 nitrogen and oxygen atoms in total. The number of hydrogen-bond acceptors (Lipinski definition) is 3. The van der Waals surface area contributed by atoms with E-state index in [2.05, 4.69) is 5.10 Å². The van der Waals surface area contributed by atoms with Crippen LogP contribution in [0.2, 0.25) is 0 Å². The van der Waals surface area contributed by atoms with Crippen molar-refractivity contribution in [1.82, 2.24) is 9.78 Å². The summed E-state index contributed by atoms with van der Waals surface area (Å²) in [7, 11) is 1.39. The fourth-order valence-electron chi connectivity index (χ4n) is 2.24. The van der Waals surface area contributed by atoms with Crippen molar-refractivity contribution in [2.75, 3.05) is 7.11 Å². The second-order valence-corrected chi connectivity index (χ2v) is 4.42. The average Bonchev–Trinajstić information content (AvgIpc) is 2.83. The van der Waals surface area contributed by atoms with Gasteiger partial charge in [0.2, 0.25) is 5.88 Å². The highest BCUT2D eigenvalue weighted by Crippen LogP contribution is 2.36. The SMILES string of the molecule is CCc1nn(-c2ccccc2C(F)(F)F)c(OC)c1CN. The van der Waals surface area contributed by atoms with Gasteiger partial charge in [-0.2, -0.15) is 23.0 Å². The Kier molecular flexibility index (Phi) is 4.22. The van der Waals surface area contributed by atoms with Crippen LogP contribution in [0.15, 0.2) is 24.3 Å². The topological polar surface area (TPSA) is 53.1 Å². The van der Waals surface area contributed by atoms with Gasteiger partial charge in [0.05, 0.1) is 29.6 Å². The van der Waals surface area contributed by atoms with E-state index < -0.39 is 11.7 Å². The van der Waals surface area contributed by atoms with Gasteiger partial charge >= 0.3 is 6.18 Å². The molecule has 0 saturated heterocycles. The summed E-state index contributed by atoms with van der Waals surface area (Å²) in [5.41, 5.74) is 6.08. The third-order valence-corrected chi connectivity index (χ3v) is 3.19. The average molecular weight is 299 g/mol. The lowest BCUT2D eigenvalue weighted by Gasteiger charge is -2.14. The molecule has 0 bridgehead atoms. The van der Waals surface area contributed by atoms with E-state index in [1.54, 1.807) is 0 Å². The van der Waals surface area contributed by atoms with Crippen molar-refractivity contribution in [2.24, 2.45) is 5.73 Å². The number of aromatic nitrogens is 2. The second-order valence-electron chi connectivity index (χ2n) is 4.42. The van der Waals surface area contributed by atoms with E-state index in [0.29, 0.717) is 17.7 Å². The predicted octanol–water partition coefficient (Wildman–Crippen LogP) is 2.92. The number of rotatable bonds is 4. The zero-order valence-corrected chi connectivity index (χ0v) is 11.7. The molecular formula is C14H16F3N3O. The first-order valence-electron chi connectivity index (χ1n) is 6.45. The Morgan fingerprint density at radius 1 is 1.29 bits per heavy atom. The largest absolute Gasteiger partial charge is 0.481 e. The number of para-hydroxylation sites is 1. The minimum Gasteiger partial charge on any atom is -0.481 e. The smallest absolute Gasteiger partial charge is 0.418 e. The van der Waals surface area contributed by atoms with Gasteiger partial charge in [0.25, 0.3) is 0 Å². The van der Waals surface area contributed by atoms with Crippen LogP contribution >= 0.6 is 0 Å². The standard InChI is InChI=1S/C14H16F3N3O/c1-3-11-9(8-18)13(21-2)20(19-11)12-7-5-4-6-10(12)14(15,16)17/h4-7H,3,8,18H2,1-2H3. The maximum Gasteiger partial charge on any atom is 0.418 e. The van der Waals surface area contributed by atoms with Gasteiger partial charge in [-0.1, -0.05) is 19.1 Å². The van der Waals surface area contributed by atoms with Gasteiger partial charge in [-0.05, 0) is 18.6 Å². The lowest BCUT2D eigenvalue weighted by molar-refractivity contribution is -0.137. The number of ether oxygens (including phenoxy) is 1. The number of nitrogens with zero attached hydrogens (tertiary/aromatic N) is 2. The molecule has 0 atom stereocenters. The van der Waals surface area contributed by atoms with E-state index in [9.17, 15) is 13.2 Å². The molecule has 0 fully saturated rings. The summed E-state index contributed by atoms with van der Waals surface area (Å²) in [5.74, 6) is 0.242. The van der Waals surface area contributed by atoms with E-state index in [1.807, 2.05) is 6.92 Å². The van der Waals surface area contributed by atoms with Gasteiger partial charge in [-0.25, -0.2) is 0 Å². The maximum absolute atomic E-state index is 13.1. The van der Waals surface area contributed by atoms with E-state index in [0.717, 1.165) is 6.07 Å². The van der Waals surface area contributed by atoms with Crippen molar-refractivity contribution in [2.45, 2.75) is 26.1 Å². The third-order valence-electron chi connectivity index (χ3n) is 3.19. The molecule has 0 amide bonds. The van der Waals surface area contributed by atoms with Crippen LogP contribution in [0, 0.1) is 0 Å². The highest BCUT2D eigenvalue weighted by molar-refractivity contribution is 5.47. The highest BCUT2D eigenvalue weighted by Gasteiger charge is 2.35. The van der Waals surface area contributed by atoms with Crippen LogP contribution in [0.25, 0.3) is 5.69 Å². The second kappa shape index (κ2) is 5.77. The molecule has 1 aromatic heterocycles. The van der Waals surface area contributed by atoms with Gasteiger partial charge in [-0.15, -0.1) is 0 Å². The van der Waals surface area contributed by atoms with Crippen LogP contribution in [0.5, 0.6) is 5.88 Å². The van der Waals surface area contributed by atoms with Crippen LogP contribution in [0.4, 0.5) is 13.2 Å². The maximum atomic E-state index is 13.1. The van der Waals surface area contributed by atoms with Crippen molar-refractivity contribution >= 4 is 0 Å². The zero-order chi connectivity index (χ0) is 15.6. The van der Waals surface area contributed by atoms with Gasteiger partial charge in [0, 0.05) is 6.54 Å². The number of aryl methyl sites for hydroxylation is 1. The van der Waals surface area contributed by atoms with Crippen molar-refractivity contribution in [3.8, 4) is 11.6 Å². The predicted molar refractivity (Wildman–Crippen MR) is 72.4 cm³/mol. The Labute approximate surface area is 120 Å².